The Morgan fingerprint density at radius 3 is 2.20 bits per heavy atom. The SMILES string of the molecule is O=C(Nc1ccccc1Cl)c1cnc(Nc2cccc(Cl)c2Cl)nc1. The van der Waals surface area contributed by atoms with Gasteiger partial charge in [-0.2, -0.15) is 0 Å². The average Bonchev–Trinajstić information content (AvgIpc) is 2.61. The van der Waals surface area contributed by atoms with E-state index in [1.54, 1.807) is 42.5 Å². The van der Waals surface area contributed by atoms with Crippen molar-refractivity contribution in [2.45, 2.75) is 0 Å². The molecule has 0 aliphatic carbocycles. The minimum atomic E-state index is -0.361. The van der Waals surface area contributed by atoms with Gasteiger partial charge in [-0.15, -0.1) is 0 Å². The molecule has 2 aromatic carbocycles. The topological polar surface area (TPSA) is 66.9 Å². The van der Waals surface area contributed by atoms with Gasteiger partial charge in [-0.25, -0.2) is 9.97 Å². The predicted molar refractivity (Wildman–Crippen MR) is 101 cm³/mol. The maximum Gasteiger partial charge on any atom is 0.258 e. The number of carbonyl (C=O) groups excluding carboxylic acids is 1. The number of carbonyl (C=O) groups is 1. The summed E-state index contributed by atoms with van der Waals surface area (Å²) in [6, 6.07) is 12.1. The molecule has 0 aliphatic heterocycles. The summed E-state index contributed by atoms with van der Waals surface area (Å²) in [6.07, 6.45) is 2.81. The van der Waals surface area contributed by atoms with Gasteiger partial charge in [0.25, 0.3) is 5.91 Å². The number of benzene rings is 2. The Balaban J connectivity index is 1.73. The van der Waals surface area contributed by atoms with Crippen LogP contribution in [-0.4, -0.2) is 15.9 Å². The molecule has 0 spiro atoms. The second-order valence-corrected chi connectivity index (χ2v) is 6.15. The molecule has 8 heteroatoms. The van der Waals surface area contributed by atoms with E-state index in [4.69, 9.17) is 34.8 Å². The number of aromatic nitrogens is 2. The molecule has 0 aliphatic rings. The van der Waals surface area contributed by atoms with Gasteiger partial charge in [0.1, 0.15) is 0 Å². The quantitative estimate of drug-likeness (QED) is 0.620. The third-order valence-corrected chi connectivity index (χ3v) is 4.38. The molecule has 1 aromatic heterocycles. The predicted octanol–water partition coefficient (Wildman–Crippen LogP) is 5.43. The van der Waals surface area contributed by atoms with E-state index in [0.717, 1.165) is 0 Å². The van der Waals surface area contributed by atoms with Crippen LogP contribution in [-0.2, 0) is 0 Å². The number of rotatable bonds is 4. The first-order valence-corrected chi connectivity index (χ1v) is 8.27. The standard InChI is InChI=1S/C17H11Cl3N4O/c18-11-4-1-2-6-13(11)23-16(25)10-8-21-17(22-9-10)24-14-7-3-5-12(19)15(14)20/h1-9H,(H,23,25)(H,21,22,24). The summed E-state index contributed by atoms with van der Waals surface area (Å²) in [5, 5.41) is 6.89. The fourth-order valence-electron chi connectivity index (χ4n) is 1.99. The molecular weight excluding hydrogens is 383 g/mol. The first-order chi connectivity index (χ1) is 12.0. The molecule has 0 atom stereocenters. The van der Waals surface area contributed by atoms with Crippen LogP contribution in [0.2, 0.25) is 15.1 Å². The molecule has 0 saturated carbocycles. The summed E-state index contributed by atoms with van der Waals surface area (Å²) in [4.78, 5) is 20.5. The molecule has 0 radical (unpaired) electrons. The van der Waals surface area contributed by atoms with Crippen molar-refractivity contribution >= 4 is 58.0 Å². The zero-order chi connectivity index (χ0) is 17.8. The summed E-state index contributed by atoms with van der Waals surface area (Å²) in [6.45, 7) is 0. The van der Waals surface area contributed by atoms with Crippen molar-refractivity contribution < 1.29 is 4.79 Å². The Morgan fingerprint density at radius 2 is 1.48 bits per heavy atom. The van der Waals surface area contributed by atoms with E-state index in [2.05, 4.69) is 20.6 Å². The number of para-hydroxylation sites is 1. The Labute approximate surface area is 159 Å². The smallest absolute Gasteiger partial charge is 0.258 e. The summed E-state index contributed by atoms with van der Waals surface area (Å²) in [7, 11) is 0. The lowest BCUT2D eigenvalue weighted by atomic mass is 10.3. The van der Waals surface area contributed by atoms with Crippen LogP contribution in [0.5, 0.6) is 0 Å². The Bertz CT molecular complexity index is 916. The van der Waals surface area contributed by atoms with Gasteiger partial charge in [-0.3, -0.25) is 4.79 Å². The van der Waals surface area contributed by atoms with Gasteiger partial charge in [0.05, 0.1) is 32.0 Å². The molecule has 0 unspecified atom stereocenters. The zero-order valence-corrected chi connectivity index (χ0v) is 14.9. The van der Waals surface area contributed by atoms with Crippen molar-refractivity contribution in [3.63, 3.8) is 0 Å². The van der Waals surface area contributed by atoms with Gasteiger partial charge in [-0.05, 0) is 24.3 Å². The molecule has 126 valence electrons. The van der Waals surface area contributed by atoms with Gasteiger partial charge in [0.2, 0.25) is 5.95 Å². The zero-order valence-electron chi connectivity index (χ0n) is 12.6. The van der Waals surface area contributed by atoms with Gasteiger partial charge in [0.15, 0.2) is 0 Å². The molecule has 3 rings (SSSR count). The molecule has 1 amide bonds. The highest BCUT2D eigenvalue weighted by Crippen LogP contribution is 2.30. The van der Waals surface area contributed by atoms with Crippen molar-refractivity contribution in [2.24, 2.45) is 0 Å². The maximum absolute atomic E-state index is 12.2. The second-order valence-electron chi connectivity index (χ2n) is 4.96. The highest BCUT2D eigenvalue weighted by Gasteiger charge is 2.10. The largest absolute Gasteiger partial charge is 0.323 e. The van der Waals surface area contributed by atoms with Gasteiger partial charge in [0, 0.05) is 12.4 Å². The van der Waals surface area contributed by atoms with Crippen molar-refractivity contribution in [1.82, 2.24) is 9.97 Å². The molecule has 0 fully saturated rings. The summed E-state index contributed by atoms with van der Waals surface area (Å²) < 4.78 is 0. The van der Waals surface area contributed by atoms with E-state index >= 15 is 0 Å². The Hall–Kier alpha value is -2.34. The monoisotopic (exact) mass is 392 g/mol. The van der Waals surface area contributed by atoms with Crippen LogP contribution in [0.15, 0.2) is 54.9 Å². The van der Waals surface area contributed by atoms with Crippen LogP contribution in [0, 0.1) is 0 Å². The normalized spacial score (nSPS) is 10.4. The molecule has 2 N–H and O–H groups in total. The highest BCUT2D eigenvalue weighted by atomic mass is 35.5. The minimum Gasteiger partial charge on any atom is -0.323 e. The van der Waals surface area contributed by atoms with Crippen LogP contribution in [0.4, 0.5) is 17.3 Å². The number of halogens is 3. The number of nitrogens with one attached hydrogen (secondary N) is 2. The molecule has 0 saturated heterocycles. The van der Waals surface area contributed by atoms with Crippen LogP contribution >= 0.6 is 34.8 Å². The van der Waals surface area contributed by atoms with Crippen LogP contribution in [0.1, 0.15) is 10.4 Å². The highest BCUT2D eigenvalue weighted by molar-refractivity contribution is 6.43. The Morgan fingerprint density at radius 1 is 0.840 bits per heavy atom. The van der Waals surface area contributed by atoms with Crippen molar-refractivity contribution in [1.29, 1.82) is 0 Å². The number of nitrogens with zero attached hydrogens (tertiary/aromatic N) is 2. The number of hydrogen-bond donors (Lipinski definition) is 2. The average molecular weight is 394 g/mol. The number of amides is 1. The molecule has 0 bridgehead atoms. The molecule has 1 heterocycles. The lowest BCUT2D eigenvalue weighted by Crippen LogP contribution is -2.13. The van der Waals surface area contributed by atoms with E-state index in [1.807, 2.05) is 0 Å². The Kier molecular flexibility index (Phi) is 5.38. The first-order valence-electron chi connectivity index (χ1n) is 7.13. The van der Waals surface area contributed by atoms with E-state index in [1.165, 1.54) is 12.4 Å². The molecule has 5 nitrogen and oxygen atoms in total. The number of hydrogen-bond acceptors (Lipinski definition) is 4. The maximum atomic E-state index is 12.2. The third-order valence-electron chi connectivity index (χ3n) is 3.23. The lowest BCUT2D eigenvalue weighted by Gasteiger charge is -2.09. The first kappa shape index (κ1) is 17.5. The fraction of sp³-hybridized carbons (Fsp3) is 0. The van der Waals surface area contributed by atoms with Gasteiger partial charge >= 0.3 is 0 Å². The van der Waals surface area contributed by atoms with Crippen LogP contribution in [0.25, 0.3) is 0 Å². The van der Waals surface area contributed by atoms with Gasteiger partial charge in [-0.1, -0.05) is 53.0 Å². The summed E-state index contributed by atoms with van der Waals surface area (Å²) in [5.41, 5.74) is 1.38. The van der Waals surface area contributed by atoms with Gasteiger partial charge < -0.3 is 10.6 Å². The van der Waals surface area contributed by atoms with E-state index in [-0.39, 0.29) is 5.91 Å². The minimum absolute atomic E-state index is 0.290. The molecule has 3 aromatic rings. The van der Waals surface area contributed by atoms with Crippen molar-refractivity contribution in [2.75, 3.05) is 10.6 Å². The fourth-order valence-corrected chi connectivity index (χ4v) is 2.52. The summed E-state index contributed by atoms with van der Waals surface area (Å²) >= 11 is 18.1. The lowest BCUT2D eigenvalue weighted by molar-refractivity contribution is 0.102. The van der Waals surface area contributed by atoms with Crippen molar-refractivity contribution in [3.8, 4) is 0 Å². The van der Waals surface area contributed by atoms with E-state index in [9.17, 15) is 4.79 Å². The van der Waals surface area contributed by atoms with Crippen LogP contribution in [0.3, 0.4) is 0 Å². The van der Waals surface area contributed by atoms with E-state index < -0.39 is 0 Å². The number of anilines is 3. The second kappa shape index (κ2) is 7.70. The summed E-state index contributed by atoms with van der Waals surface area (Å²) in [5.74, 6) is -0.0705. The van der Waals surface area contributed by atoms with Crippen molar-refractivity contribution in [3.05, 3.63) is 75.5 Å². The molecular formula is C17H11Cl3N4O. The molecule has 25 heavy (non-hydrogen) atoms. The van der Waals surface area contributed by atoms with E-state index in [0.29, 0.717) is 38.0 Å². The third kappa shape index (κ3) is 4.20. The van der Waals surface area contributed by atoms with Crippen LogP contribution < -0.4 is 10.6 Å².